The van der Waals surface area contributed by atoms with E-state index in [0.717, 1.165) is 3.53 Å². The van der Waals surface area contributed by atoms with E-state index in [4.69, 9.17) is 17.5 Å². The lowest BCUT2D eigenvalue weighted by Crippen LogP contribution is -2.11. The maximum atomic E-state index is 8.60. The lowest BCUT2D eigenvalue weighted by atomic mass is 10.2. The number of thioether (sulfide) groups is 2. The Bertz CT molecular complexity index is 168. The SMILES string of the molecule is CSC(=S)SC(C)(C)C#N. The predicted molar refractivity (Wildman–Crippen MR) is 53.4 cm³/mol. The number of hydrogen-bond donors (Lipinski definition) is 0. The average molecular weight is 191 g/mol. The number of nitrogens with zero attached hydrogens (tertiary/aromatic N) is 1. The molecule has 0 amide bonds. The molecule has 0 aromatic heterocycles. The quantitative estimate of drug-likeness (QED) is 0.595. The van der Waals surface area contributed by atoms with Crippen molar-refractivity contribution in [1.29, 1.82) is 5.26 Å². The monoisotopic (exact) mass is 191 g/mol. The molecular formula is C6H9NS3. The summed E-state index contributed by atoms with van der Waals surface area (Å²) in [7, 11) is 0. The highest BCUT2D eigenvalue weighted by Crippen LogP contribution is 2.28. The molecule has 1 nitrogen and oxygen atoms in total. The van der Waals surface area contributed by atoms with Gasteiger partial charge in [0.05, 0.1) is 6.07 Å². The third-order valence-electron chi connectivity index (χ3n) is 0.774. The highest BCUT2D eigenvalue weighted by atomic mass is 32.2. The van der Waals surface area contributed by atoms with Crippen LogP contribution < -0.4 is 0 Å². The molecule has 0 aliphatic carbocycles. The molecule has 0 atom stereocenters. The molecule has 0 aromatic carbocycles. The maximum Gasteiger partial charge on any atom is 0.105 e. The molecule has 0 unspecified atom stereocenters. The Morgan fingerprint density at radius 2 is 2.10 bits per heavy atom. The minimum atomic E-state index is -0.375. The summed E-state index contributed by atoms with van der Waals surface area (Å²) < 4.78 is 0.451. The molecule has 0 heterocycles. The fourth-order valence-electron chi connectivity index (χ4n) is 0.273. The van der Waals surface area contributed by atoms with Gasteiger partial charge in [0.1, 0.15) is 8.28 Å². The van der Waals surface area contributed by atoms with Gasteiger partial charge in [0.15, 0.2) is 0 Å². The molecule has 0 radical (unpaired) electrons. The van der Waals surface area contributed by atoms with Crippen molar-refractivity contribution in [1.82, 2.24) is 0 Å². The average Bonchev–Trinajstić information content (AvgIpc) is 1.87. The first kappa shape index (κ1) is 10.3. The lowest BCUT2D eigenvalue weighted by Gasteiger charge is -2.12. The zero-order valence-corrected chi connectivity index (χ0v) is 8.62. The van der Waals surface area contributed by atoms with Crippen molar-refractivity contribution >= 4 is 39.3 Å². The first-order valence-electron chi connectivity index (χ1n) is 2.70. The van der Waals surface area contributed by atoms with Crippen LogP contribution in [0.4, 0.5) is 0 Å². The first-order chi connectivity index (χ1) is 4.52. The standard InChI is InChI=1S/C6H9NS3/c1-6(2,4-7)10-5(8)9-3/h1-3H3. The van der Waals surface area contributed by atoms with Gasteiger partial charge >= 0.3 is 0 Å². The van der Waals surface area contributed by atoms with E-state index in [1.54, 1.807) is 0 Å². The third-order valence-corrected chi connectivity index (χ3v) is 3.38. The Kier molecular flexibility index (Phi) is 4.34. The molecule has 0 saturated carbocycles. The van der Waals surface area contributed by atoms with Crippen LogP contribution in [0.3, 0.4) is 0 Å². The topological polar surface area (TPSA) is 23.8 Å². The molecule has 0 rings (SSSR count). The van der Waals surface area contributed by atoms with Gasteiger partial charge < -0.3 is 0 Å². The fraction of sp³-hybridized carbons (Fsp3) is 0.667. The minimum absolute atomic E-state index is 0.375. The Morgan fingerprint density at radius 3 is 2.40 bits per heavy atom. The highest BCUT2D eigenvalue weighted by Gasteiger charge is 2.18. The summed E-state index contributed by atoms with van der Waals surface area (Å²) in [5.74, 6) is 0. The van der Waals surface area contributed by atoms with Gasteiger partial charge in [0, 0.05) is 0 Å². The summed E-state index contributed by atoms with van der Waals surface area (Å²) in [6.07, 6.45) is 1.92. The molecule has 0 spiro atoms. The Morgan fingerprint density at radius 1 is 1.60 bits per heavy atom. The Hall–Kier alpha value is 0.280. The number of rotatable bonds is 1. The van der Waals surface area contributed by atoms with Crippen LogP contribution in [0.5, 0.6) is 0 Å². The fourth-order valence-corrected chi connectivity index (χ4v) is 2.32. The van der Waals surface area contributed by atoms with E-state index in [2.05, 4.69) is 6.07 Å². The number of hydrogen-bond acceptors (Lipinski definition) is 4. The van der Waals surface area contributed by atoms with E-state index in [1.807, 2.05) is 20.1 Å². The van der Waals surface area contributed by atoms with Crippen molar-refractivity contribution in [3.8, 4) is 6.07 Å². The Labute approximate surface area is 75.6 Å². The summed E-state index contributed by atoms with van der Waals surface area (Å²) >= 11 is 7.89. The second-order valence-corrected chi connectivity index (χ2v) is 5.81. The lowest BCUT2D eigenvalue weighted by molar-refractivity contribution is 0.921. The molecular weight excluding hydrogens is 182 g/mol. The molecule has 0 aliphatic rings. The van der Waals surface area contributed by atoms with Gasteiger partial charge in [-0.2, -0.15) is 5.26 Å². The minimum Gasteiger partial charge on any atom is -0.197 e. The van der Waals surface area contributed by atoms with Crippen LogP contribution in [0.25, 0.3) is 0 Å². The van der Waals surface area contributed by atoms with E-state index in [9.17, 15) is 0 Å². The Balaban J connectivity index is 3.92. The van der Waals surface area contributed by atoms with Gasteiger partial charge in [0.2, 0.25) is 0 Å². The third kappa shape index (κ3) is 4.15. The summed E-state index contributed by atoms with van der Waals surface area (Å²) in [4.78, 5) is 0. The molecule has 0 N–H and O–H groups in total. The molecule has 56 valence electrons. The van der Waals surface area contributed by atoms with Gasteiger partial charge in [-0.25, -0.2) is 0 Å². The van der Waals surface area contributed by atoms with Crippen LogP contribution in [0.1, 0.15) is 13.8 Å². The molecule has 0 aromatic rings. The molecule has 0 aliphatic heterocycles. The normalized spacial score (nSPS) is 10.6. The summed E-state index contributed by atoms with van der Waals surface area (Å²) in [6, 6.07) is 2.17. The van der Waals surface area contributed by atoms with Gasteiger partial charge in [-0.05, 0) is 20.1 Å². The zero-order chi connectivity index (χ0) is 8.20. The second-order valence-electron chi connectivity index (χ2n) is 2.18. The van der Waals surface area contributed by atoms with Crippen LogP contribution in [0.15, 0.2) is 0 Å². The molecule has 0 bridgehead atoms. The van der Waals surface area contributed by atoms with Crippen molar-refractivity contribution in [2.45, 2.75) is 18.6 Å². The van der Waals surface area contributed by atoms with Gasteiger partial charge in [-0.3, -0.25) is 0 Å². The molecule has 4 heteroatoms. The van der Waals surface area contributed by atoms with Gasteiger partial charge in [-0.15, -0.1) is 11.8 Å². The number of nitriles is 1. The van der Waals surface area contributed by atoms with Crippen molar-refractivity contribution in [3.63, 3.8) is 0 Å². The van der Waals surface area contributed by atoms with Crippen molar-refractivity contribution < 1.29 is 0 Å². The van der Waals surface area contributed by atoms with Crippen LogP contribution in [0, 0.1) is 11.3 Å². The maximum absolute atomic E-state index is 8.60. The second kappa shape index (κ2) is 4.22. The van der Waals surface area contributed by atoms with E-state index < -0.39 is 0 Å². The van der Waals surface area contributed by atoms with Crippen LogP contribution >= 0.6 is 35.7 Å². The molecule has 0 fully saturated rings. The van der Waals surface area contributed by atoms with Crippen LogP contribution in [0.2, 0.25) is 0 Å². The molecule has 10 heavy (non-hydrogen) atoms. The van der Waals surface area contributed by atoms with E-state index in [0.29, 0.717) is 0 Å². The van der Waals surface area contributed by atoms with E-state index in [-0.39, 0.29) is 4.75 Å². The van der Waals surface area contributed by atoms with Crippen molar-refractivity contribution in [3.05, 3.63) is 0 Å². The van der Waals surface area contributed by atoms with Crippen molar-refractivity contribution in [2.75, 3.05) is 6.26 Å². The zero-order valence-electron chi connectivity index (χ0n) is 6.17. The summed E-state index contributed by atoms with van der Waals surface area (Å²) in [5, 5.41) is 8.60. The highest BCUT2D eigenvalue weighted by molar-refractivity contribution is 8.47. The summed E-state index contributed by atoms with van der Waals surface area (Å²) in [6.45, 7) is 3.72. The summed E-state index contributed by atoms with van der Waals surface area (Å²) in [5.41, 5.74) is 0. The largest absolute Gasteiger partial charge is 0.197 e. The van der Waals surface area contributed by atoms with Crippen molar-refractivity contribution in [2.24, 2.45) is 0 Å². The molecule has 0 saturated heterocycles. The number of thiocarbonyl (C=S) groups is 1. The predicted octanol–water partition coefficient (Wildman–Crippen LogP) is 2.67. The van der Waals surface area contributed by atoms with Crippen LogP contribution in [-0.2, 0) is 0 Å². The van der Waals surface area contributed by atoms with E-state index >= 15 is 0 Å². The smallest absolute Gasteiger partial charge is 0.105 e. The van der Waals surface area contributed by atoms with Gasteiger partial charge in [0.25, 0.3) is 0 Å². The van der Waals surface area contributed by atoms with Crippen LogP contribution in [-0.4, -0.2) is 14.5 Å². The van der Waals surface area contributed by atoms with E-state index in [1.165, 1.54) is 23.5 Å². The van der Waals surface area contributed by atoms with Gasteiger partial charge in [-0.1, -0.05) is 24.0 Å². The first-order valence-corrected chi connectivity index (χ1v) is 5.15.